The molecular formula is C9H12ClN3S. The van der Waals surface area contributed by atoms with Gasteiger partial charge < -0.3 is 5.73 Å². The van der Waals surface area contributed by atoms with Gasteiger partial charge in [-0.1, -0.05) is 11.6 Å². The van der Waals surface area contributed by atoms with Crippen LogP contribution in [0.25, 0.3) is 0 Å². The molecule has 0 radical (unpaired) electrons. The first-order valence-electron chi connectivity index (χ1n) is 4.63. The van der Waals surface area contributed by atoms with Gasteiger partial charge in [-0.3, -0.25) is 0 Å². The number of nitrogens with zero attached hydrogens (tertiary/aromatic N) is 2. The lowest BCUT2D eigenvalue weighted by Crippen LogP contribution is -2.11. The number of thioether (sulfide) groups is 1. The minimum Gasteiger partial charge on any atom is -0.396 e. The minimum atomic E-state index is 0.303. The summed E-state index contributed by atoms with van der Waals surface area (Å²) in [6, 6.07) is 1.85. The van der Waals surface area contributed by atoms with Crippen LogP contribution in [-0.4, -0.2) is 21.7 Å². The number of hydrogen-bond donors (Lipinski definition) is 1. The van der Waals surface area contributed by atoms with Gasteiger partial charge in [0.15, 0.2) is 5.15 Å². The average molecular weight is 230 g/mol. The summed E-state index contributed by atoms with van der Waals surface area (Å²) in [5.41, 5.74) is 7.21. The summed E-state index contributed by atoms with van der Waals surface area (Å²) in [4.78, 5) is 0. The fourth-order valence-corrected chi connectivity index (χ4v) is 2.83. The van der Waals surface area contributed by atoms with Gasteiger partial charge >= 0.3 is 0 Å². The molecule has 1 unspecified atom stereocenters. The first kappa shape index (κ1) is 10.1. The Morgan fingerprint density at radius 1 is 1.50 bits per heavy atom. The van der Waals surface area contributed by atoms with Gasteiger partial charge in [-0.05, 0) is 24.7 Å². The largest absolute Gasteiger partial charge is 0.396 e. The van der Waals surface area contributed by atoms with E-state index in [-0.39, 0.29) is 0 Å². The van der Waals surface area contributed by atoms with Gasteiger partial charge in [-0.25, -0.2) is 0 Å². The van der Waals surface area contributed by atoms with Crippen LogP contribution in [0.2, 0.25) is 5.15 Å². The maximum atomic E-state index is 5.72. The molecule has 0 amide bonds. The first-order valence-corrected chi connectivity index (χ1v) is 6.17. The van der Waals surface area contributed by atoms with Crippen LogP contribution in [0.1, 0.15) is 24.5 Å². The lowest BCUT2D eigenvalue weighted by Gasteiger charge is -2.20. The molecule has 2 rings (SSSR count). The summed E-state index contributed by atoms with van der Waals surface area (Å²) in [5, 5.41) is 8.23. The number of hydrogen-bond acceptors (Lipinski definition) is 4. The monoisotopic (exact) mass is 229 g/mol. The van der Waals surface area contributed by atoms with E-state index in [4.69, 9.17) is 17.3 Å². The predicted molar refractivity (Wildman–Crippen MR) is 60.8 cm³/mol. The molecule has 1 fully saturated rings. The van der Waals surface area contributed by atoms with E-state index in [2.05, 4.69) is 10.2 Å². The zero-order valence-corrected chi connectivity index (χ0v) is 9.31. The lowest BCUT2D eigenvalue weighted by molar-refractivity contribution is 0.633. The minimum absolute atomic E-state index is 0.303. The van der Waals surface area contributed by atoms with Crippen LogP contribution in [0.5, 0.6) is 0 Å². The summed E-state index contributed by atoms with van der Waals surface area (Å²) in [6.07, 6.45) is 2.43. The van der Waals surface area contributed by atoms with Crippen molar-refractivity contribution in [1.82, 2.24) is 10.2 Å². The number of anilines is 1. The maximum absolute atomic E-state index is 5.72. The molecule has 5 heteroatoms. The van der Waals surface area contributed by atoms with Crippen molar-refractivity contribution in [3.8, 4) is 0 Å². The summed E-state index contributed by atoms with van der Waals surface area (Å²) in [7, 11) is 0. The molecule has 0 aliphatic carbocycles. The van der Waals surface area contributed by atoms with Crippen LogP contribution >= 0.6 is 23.4 Å². The molecule has 1 aromatic rings. The van der Waals surface area contributed by atoms with Gasteiger partial charge in [-0.15, -0.1) is 5.10 Å². The van der Waals surface area contributed by atoms with Gasteiger partial charge in [0.25, 0.3) is 0 Å². The van der Waals surface area contributed by atoms with Crippen molar-refractivity contribution in [1.29, 1.82) is 0 Å². The molecule has 1 aromatic heterocycles. The molecular weight excluding hydrogens is 218 g/mol. The van der Waals surface area contributed by atoms with E-state index < -0.39 is 0 Å². The van der Waals surface area contributed by atoms with Crippen molar-refractivity contribution >= 4 is 29.1 Å². The molecule has 2 N–H and O–H groups in total. The summed E-state index contributed by atoms with van der Waals surface area (Å²) >= 11 is 7.68. The van der Waals surface area contributed by atoms with Crippen LogP contribution in [0.4, 0.5) is 5.69 Å². The highest BCUT2D eigenvalue weighted by molar-refractivity contribution is 7.99. The molecule has 3 nitrogen and oxygen atoms in total. The molecule has 0 saturated carbocycles. The lowest BCUT2D eigenvalue weighted by atomic mass is 10.0. The van der Waals surface area contributed by atoms with Crippen molar-refractivity contribution < 1.29 is 0 Å². The number of halogens is 1. The molecule has 1 aliphatic rings. The fourth-order valence-electron chi connectivity index (χ4n) is 1.58. The highest BCUT2D eigenvalue weighted by Crippen LogP contribution is 2.31. The Labute approximate surface area is 92.4 Å². The zero-order valence-electron chi connectivity index (χ0n) is 7.74. The van der Waals surface area contributed by atoms with Gasteiger partial charge in [0, 0.05) is 11.7 Å². The smallest absolute Gasteiger partial charge is 0.174 e. The second kappa shape index (κ2) is 4.36. The molecule has 1 saturated heterocycles. The maximum Gasteiger partial charge on any atom is 0.174 e. The highest BCUT2D eigenvalue weighted by atomic mass is 35.5. The quantitative estimate of drug-likeness (QED) is 0.803. The SMILES string of the molecule is Nc1cc(C2CCCSC2)nnc1Cl. The average Bonchev–Trinajstić information content (AvgIpc) is 2.23. The number of aromatic nitrogens is 2. The Bertz CT molecular complexity index is 326. The molecule has 14 heavy (non-hydrogen) atoms. The third kappa shape index (κ3) is 2.12. The molecule has 0 aromatic carbocycles. The van der Waals surface area contributed by atoms with Gasteiger partial charge in [0.05, 0.1) is 11.4 Å². The second-order valence-corrected chi connectivity index (χ2v) is 4.94. The van der Waals surface area contributed by atoms with E-state index in [1.807, 2.05) is 17.8 Å². The summed E-state index contributed by atoms with van der Waals surface area (Å²) < 4.78 is 0. The highest BCUT2D eigenvalue weighted by Gasteiger charge is 2.18. The first-order chi connectivity index (χ1) is 6.77. The van der Waals surface area contributed by atoms with Crippen LogP contribution in [-0.2, 0) is 0 Å². The number of rotatable bonds is 1. The second-order valence-electron chi connectivity index (χ2n) is 3.43. The van der Waals surface area contributed by atoms with Crippen molar-refractivity contribution in [2.24, 2.45) is 0 Å². The van der Waals surface area contributed by atoms with Crippen LogP contribution in [0, 0.1) is 0 Å². The molecule has 2 heterocycles. The number of nitrogens with two attached hydrogens (primary N) is 1. The Balaban J connectivity index is 2.18. The molecule has 76 valence electrons. The van der Waals surface area contributed by atoms with Crippen molar-refractivity contribution in [2.45, 2.75) is 18.8 Å². The molecule has 0 bridgehead atoms. The summed E-state index contributed by atoms with van der Waals surface area (Å²) in [6.45, 7) is 0. The fraction of sp³-hybridized carbons (Fsp3) is 0.556. The molecule has 1 atom stereocenters. The van der Waals surface area contributed by atoms with Gasteiger partial charge in [0.1, 0.15) is 0 Å². The Morgan fingerprint density at radius 2 is 2.36 bits per heavy atom. The van der Waals surface area contributed by atoms with E-state index in [1.54, 1.807) is 0 Å². The van der Waals surface area contributed by atoms with E-state index in [9.17, 15) is 0 Å². The van der Waals surface area contributed by atoms with Gasteiger partial charge in [0.2, 0.25) is 0 Å². The van der Waals surface area contributed by atoms with Crippen LogP contribution in [0.15, 0.2) is 6.07 Å². The Kier molecular flexibility index (Phi) is 3.13. The van der Waals surface area contributed by atoms with E-state index in [0.717, 1.165) is 11.4 Å². The van der Waals surface area contributed by atoms with E-state index in [0.29, 0.717) is 16.8 Å². The molecule has 0 spiro atoms. The predicted octanol–water partition coefficient (Wildman–Crippen LogP) is 2.32. The Morgan fingerprint density at radius 3 is 3.00 bits per heavy atom. The third-order valence-electron chi connectivity index (χ3n) is 2.37. The van der Waals surface area contributed by atoms with Crippen LogP contribution in [0.3, 0.4) is 0 Å². The van der Waals surface area contributed by atoms with Crippen molar-refractivity contribution in [2.75, 3.05) is 17.2 Å². The van der Waals surface area contributed by atoms with Crippen LogP contribution < -0.4 is 5.73 Å². The van der Waals surface area contributed by atoms with E-state index >= 15 is 0 Å². The topological polar surface area (TPSA) is 51.8 Å². The van der Waals surface area contributed by atoms with E-state index in [1.165, 1.54) is 18.6 Å². The zero-order chi connectivity index (χ0) is 9.97. The Hall–Kier alpha value is -0.480. The van der Waals surface area contributed by atoms with Crippen molar-refractivity contribution in [3.63, 3.8) is 0 Å². The normalized spacial score (nSPS) is 22.2. The number of nitrogen functional groups attached to an aromatic ring is 1. The third-order valence-corrected chi connectivity index (χ3v) is 3.88. The van der Waals surface area contributed by atoms with Gasteiger partial charge in [-0.2, -0.15) is 16.9 Å². The van der Waals surface area contributed by atoms with Crippen molar-refractivity contribution in [3.05, 3.63) is 16.9 Å². The summed E-state index contributed by atoms with van der Waals surface area (Å²) in [5.74, 6) is 2.88. The molecule has 1 aliphatic heterocycles. The standard InChI is InChI=1S/C9H12ClN3S/c10-9-7(11)4-8(12-13-9)6-2-1-3-14-5-6/h4,6H,1-3,5H2,(H2,11,12).